The van der Waals surface area contributed by atoms with Crippen LogP contribution in [0.5, 0.6) is 5.75 Å². The molecule has 1 aliphatic rings. The molecule has 0 atom stereocenters. The summed E-state index contributed by atoms with van der Waals surface area (Å²) in [6, 6.07) is 5.63. The molecule has 2 amide bonds. The number of rotatable bonds is 8. The zero-order valence-electron chi connectivity index (χ0n) is 21.6. The summed E-state index contributed by atoms with van der Waals surface area (Å²) in [4.78, 5) is 43.6. The molecule has 1 aliphatic heterocycles. The first-order chi connectivity index (χ1) is 19.5. The van der Waals surface area contributed by atoms with E-state index in [4.69, 9.17) is 11.6 Å². The average Bonchev–Trinajstić information content (AvgIpc) is 3.53. The fourth-order valence-corrected chi connectivity index (χ4v) is 4.73. The standard InChI is InChI=1S/C26H24ClF2N7O5/c1-26(24(39)40)5-9-34(10-6-26)20(37)14-35-13-18(32-23(38)17-12-31-36-8-2-7-30-22(17)36)21(33-35)16-11-15(27)3-4-19(16)41-25(28)29/h2-4,7-8,11-13,25H,5-6,9-10,14H2,1H3,(H,32,38)(H,39,40). The van der Waals surface area contributed by atoms with Crippen molar-refractivity contribution in [2.24, 2.45) is 5.41 Å². The van der Waals surface area contributed by atoms with Crippen LogP contribution < -0.4 is 10.1 Å². The highest BCUT2D eigenvalue weighted by Crippen LogP contribution is 2.37. The van der Waals surface area contributed by atoms with Crippen molar-refractivity contribution in [2.75, 3.05) is 18.4 Å². The van der Waals surface area contributed by atoms with Gasteiger partial charge in [-0.15, -0.1) is 0 Å². The zero-order chi connectivity index (χ0) is 29.3. The molecule has 4 heterocycles. The first-order valence-electron chi connectivity index (χ1n) is 12.5. The Morgan fingerprint density at radius 2 is 2.00 bits per heavy atom. The first kappa shape index (κ1) is 28.0. The summed E-state index contributed by atoms with van der Waals surface area (Å²) in [6.07, 6.45) is 6.44. The van der Waals surface area contributed by atoms with Crippen molar-refractivity contribution in [3.05, 3.63) is 59.6 Å². The fourth-order valence-electron chi connectivity index (χ4n) is 4.56. The van der Waals surface area contributed by atoms with Gasteiger partial charge in [0.2, 0.25) is 5.91 Å². The molecule has 2 N–H and O–H groups in total. The van der Waals surface area contributed by atoms with Crippen molar-refractivity contribution in [2.45, 2.75) is 32.9 Å². The zero-order valence-corrected chi connectivity index (χ0v) is 22.4. The Kier molecular flexibility index (Phi) is 7.58. The lowest BCUT2D eigenvalue weighted by Crippen LogP contribution is -2.46. The number of carboxylic acids is 1. The van der Waals surface area contributed by atoms with Crippen LogP contribution in [0.25, 0.3) is 16.9 Å². The molecule has 214 valence electrons. The largest absolute Gasteiger partial charge is 0.481 e. The highest BCUT2D eigenvalue weighted by Gasteiger charge is 2.38. The molecule has 5 rings (SSSR count). The Bertz CT molecular complexity index is 1630. The molecule has 15 heteroatoms. The number of hydrogen-bond acceptors (Lipinski definition) is 7. The van der Waals surface area contributed by atoms with Crippen LogP contribution in [0.1, 0.15) is 30.1 Å². The highest BCUT2D eigenvalue weighted by atomic mass is 35.5. The smallest absolute Gasteiger partial charge is 0.387 e. The Morgan fingerprint density at radius 1 is 1.24 bits per heavy atom. The normalized spacial score (nSPS) is 14.8. The van der Waals surface area contributed by atoms with E-state index in [1.807, 2.05) is 0 Å². The number of carboxylic acid groups (broad SMARTS) is 1. The van der Waals surface area contributed by atoms with Crippen molar-refractivity contribution in [3.63, 3.8) is 0 Å². The number of piperidine rings is 1. The van der Waals surface area contributed by atoms with Crippen LogP contribution in [0, 0.1) is 5.41 Å². The molecule has 0 aliphatic carbocycles. The number of ether oxygens (including phenoxy) is 1. The number of halogens is 3. The summed E-state index contributed by atoms with van der Waals surface area (Å²) in [5.74, 6) is -2.08. The van der Waals surface area contributed by atoms with E-state index in [-0.39, 0.29) is 64.5 Å². The van der Waals surface area contributed by atoms with E-state index in [0.29, 0.717) is 12.8 Å². The van der Waals surface area contributed by atoms with Crippen LogP contribution in [0.2, 0.25) is 5.02 Å². The number of fused-ring (bicyclic) bond motifs is 1. The van der Waals surface area contributed by atoms with E-state index in [1.165, 1.54) is 46.0 Å². The number of anilines is 1. The number of carbonyl (C=O) groups excluding carboxylic acids is 2. The van der Waals surface area contributed by atoms with Gasteiger partial charge in [0.05, 0.1) is 17.3 Å². The molecule has 4 aromatic rings. The molecule has 0 unspecified atom stereocenters. The molecular weight excluding hydrogens is 564 g/mol. The summed E-state index contributed by atoms with van der Waals surface area (Å²) in [5.41, 5.74) is -0.287. The van der Waals surface area contributed by atoms with Crippen LogP contribution in [0.4, 0.5) is 14.5 Å². The van der Waals surface area contributed by atoms with Gasteiger partial charge in [-0.1, -0.05) is 11.6 Å². The van der Waals surface area contributed by atoms with Gasteiger partial charge < -0.3 is 20.1 Å². The summed E-state index contributed by atoms with van der Waals surface area (Å²) < 4.78 is 33.7. The summed E-state index contributed by atoms with van der Waals surface area (Å²) in [6.45, 7) is -1.24. The second-order valence-electron chi connectivity index (χ2n) is 9.75. The minimum Gasteiger partial charge on any atom is -0.481 e. The molecule has 1 fully saturated rings. The SMILES string of the molecule is CC1(C(=O)O)CCN(C(=O)Cn2cc(NC(=O)c3cnn4cccnc34)c(-c3cc(Cl)ccc3OC(F)F)n2)CC1. The molecule has 3 aromatic heterocycles. The molecule has 1 aromatic carbocycles. The molecule has 0 spiro atoms. The number of alkyl halides is 2. The van der Waals surface area contributed by atoms with Gasteiger partial charge in [0, 0.05) is 42.3 Å². The van der Waals surface area contributed by atoms with E-state index in [1.54, 1.807) is 24.1 Å². The van der Waals surface area contributed by atoms with Gasteiger partial charge in [-0.05, 0) is 44.0 Å². The van der Waals surface area contributed by atoms with Crippen LogP contribution in [0.3, 0.4) is 0 Å². The van der Waals surface area contributed by atoms with Crippen LogP contribution in [-0.4, -0.2) is 71.9 Å². The third kappa shape index (κ3) is 5.82. The number of likely N-dealkylation sites (tertiary alicyclic amines) is 1. The Balaban J connectivity index is 1.46. The van der Waals surface area contributed by atoms with Crippen molar-refractivity contribution in [1.29, 1.82) is 0 Å². The van der Waals surface area contributed by atoms with Crippen molar-refractivity contribution < 1.29 is 33.0 Å². The second-order valence-corrected chi connectivity index (χ2v) is 10.2. The van der Waals surface area contributed by atoms with Crippen molar-refractivity contribution in [3.8, 4) is 17.0 Å². The minimum absolute atomic E-state index is 0.0332. The summed E-state index contributed by atoms with van der Waals surface area (Å²) in [7, 11) is 0. The first-order valence-corrected chi connectivity index (χ1v) is 12.8. The van der Waals surface area contributed by atoms with Gasteiger partial charge in [-0.3, -0.25) is 19.1 Å². The Labute approximate surface area is 236 Å². The number of carbonyl (C=O) groups is 3. The van der Waals surface area contributed by atoms with Gasteiger partial charge >= 0.3 is 12.6 Å². The predicted octanol–water partition coefficient (Wildman–Crippen LogP) is 3.81. The van der Waals surface area contributed by atoms with Gasteiger partial charge in [0.25, 0.3) is 5.91 Å². The lowest BCUT2D eigenvalue weighted by atomic mass is 9.80. The van der Waals surface area contributed by atoms with Crippen LogP contribution >= 0.6 is 11.6 Å². The fraction of sp³-hybridized carbons (Fsp3) is 0.308. The van der Waals surface area contributed by atoms with Crippen molar-refractivity contribution in [1.82, 2.24) is 29.3 Å². The van der Waals surface area contributed by atoms with Crippen LogP contribution in [0.15, 0.2) is 49.1 Å². The maximum Gasteiger partial charge on any atom is 0.387 e. The number of nitrogens with zero attached hydrogens (tertiary/aromatic N) is 6. The molecule has 41 heavy (non-hydrogen) atoms. The number of aromatic nitrogens is 5. The molecule has 0 bridgehead atoms. The number of amides is 2. The topological polar surface area (TPSA) is 144 Å². The molecule has 0 saturated carbocycles. The highest BCUT2D eigenvalue weighted by molar-refractivity contribution is 6.31. The van der Waals surface area contributed by atoms with Gasteiger partial charge in [-0.25, -0.2) is 9.50 Å². The third-order valence-electron chi connectivity index (χ3n) is 6.98. The summed E-state index contributed by atoms with van der Waals surface area (Å²) >= 11 is 6.16. The van der Waals surface area contributed by atoms with Gasteiger partial charge in [-0.2, -0.15) is 19.0 Å². The molecule has 0 radical (unpaired) electrons. The second kappa shape index (κ2) is 11.1. The predicted molar refractivity (Wildman–Crippen MR) is 142 cm³/mol. The Morgan fingerprint density at radius 3 is 2.71 bits per heavy atom. The van der Waals surface area contributed by atoms with Crippen LogP contribution in [-0.2, 0) is 16.1 Å². The number of nitrogens with one attached hydrogen (secondary N) is 1. The lowest BCUT2D eigenvalue weighted by Gasteiger charge is -2.36. The van der Waals surface area contributed by atoms with Gasteiger partial charge in [0.15, 0.2) is 5.65 Å². The minimum atomic E-state index is -3.14. The van der Waals surface area contributed by atoms with Crippen molar-refractivity contribution >= 4 is 40.7 Å². The number of aliphatic carboxylic acids is 1. The Hall–Kier alpha value is -4.59. The molecule has 12 nitrogen and oxygen atoms in total. The van der Waals surface area contributed by atoms with E-state index in [0.717, 1.165) is 0 Å². The number of hydrogen-bond donors (Lipinski definition) is 2. The average molecular weight is 588 g/mol. The lowest BCUT2D eigenvalue weighted by molar-refractivity contribution is -0.153. The van der Waals surface area contributed by atoms with E-state index < -0.39 is 23.9 Å². The number of benzene rings is 1. The van der Waals surface area contributed by atoms with Gasteiger partial charge in [0.1, 0.15) is 23.6 Å². The van der Waals surface area contributed by atoms with E-state index in [2.05, 4.69) is 25.2 Å². The van der Waals surface area contributed by atoms with E-state index in [9.17, 15) is 28.3 Å². The maximum atomic E-state index is 13.3. The summed E-state index contributed by atoms with van der Waals surface area (Å²) in [5, 5.41) is 20.9. The van der Waals surface area contributed by atoms with E-state index >= 15 is 0 Å². The third-order valence-corrected chi connectivity index (χ3v) is 7.21. The maximum absolute atomic E-state index is 13.3. The monoisotopic (exact) mass is 587 g/mol. The quantitative estimate of drug-likeness (QED) is 0.317. The molecule has 1 saturated heterocycles. The molecular formula is C26H24ClF2N7O5.